The van der Waals surface area contributed by atoms with E-state index in [1.165, 1.54) is 5.57 Å². The molecule has 6 rings (SSSR count). The Morgan fingerprint density at radius 3 is 2.51 bits per heavy atom. The van der Waals surface area contributed by atoms with E-state index in [1.807, 2.05) is 43.3 Å². The van der Waals surface area contributed by atoms with E-state index >= 15 is 0 Å². The van der Waals surface area contributed by atoms with Crippen molar-refractivity contribution in [2.75, 3.05) is 6.61 Å². The molecule has 2 bridgehead atoms. The molecule has 1 N–H and O–H groups in total. The number of aliphatic hydroxyl groups is 1. The van der Waals surface area contributed by atoms with Crippen LogP contribution in [0, 0.1) is 23.7 Å². The lowest BCUT2D eigenvalue weighted by Gasteiger charge is -2.52. The number of hydrogen-bond acceptors (Lipinski definition) is 7. The van der Waals surface area contributed by atoms with E-state index in [0.717, 1.165) is 36.8 Å². The SMILES string of the molecule is C/C1=C\C[C@@H]2C[C@@H](C[C@]3(CC[C@H](C)[C@@H](C)O3)O2)OC(=O)[C@@H]2C[C@H](C)[C@@H](O)C[C@]23O[C@H](c2ccccc2)OC/C3=C\C=C\[C@H](C)C1. The molecule has 0 radical (unpaired) electrons. The first-order chi connectivity index (χ1) is 21.6. The van der Waals surface area contributed by atoms with Gasteiger partial charge in [-0.25, -0.2) is 0 Å². The lowest BCUT2D eigenvalue weighted by molar-refractivity contribution is -0.332. The maximum atomic E-state index is 14.5. The highest BCUT2D eigenvalue weighted by Gasteiger charge is 2.57. The summed E-state index contributed by atoms with van der Waals surface area (Å²) in [5.41, 5.74) is 2.00. The van der Waals surface area contributed by atoms with Crippen molar-refractivity contribution in [1.82, 2.24) is 0 Å². The van der Waals surface area contributed by atoms with E-state index in [2.05, 4.69) is 45.9 Å². The summed E-state index contributed by atoms with van der Waals surface area (Å²) in [6.45, 7) is 11.1. The van der Waals surface area contributed by atoms with E-state index in [1.54, 1.807) is 0 Å². The first-order valence-electron chi connectivity index (χ1n) is 17.2. The Balaban J connectivity index is 1.39. The van der Waals surface area contributed by atoms with Crippen molar-refractivity contribution in [3.63, 3.8) is 0 Å². The van der Waals surface area contributed by atoms with Gasteiger partial charge in [-0.1, -0.05) is 81.0 Å². The van der Waals surface area contributed by atoms with Gasteiger partial charge in [0.15, 0.2) is 12.1 Å². The smallest absolute Gasteiger partial charge is 0.312 e. The van der Waals surface area contributed by atoms with Crippen LogP contribution in [0.1, 0.15) is 97.8 Å². The maximum Gasteiger partial charge on any atom is 0.312 e. The number of allylic oxidation sites excluding steroid dienone is 4. The van der Waals surface area contributed by atoms with Crippen molar-refractivity contribution in [2.45, 2.75) is 128 Å². The summed E-state index contributed by atoms with van der Waals surface area (Å²) in [5.74, 6) is -0.939. The van der Waals surface area contributed by atoms with Crippen LogP contribution in [0.15, 0.2) is 65.8 Å². The zero-order valence-corrected chi connectivity index (χ0v) is 27.7. The van der Waals surface area contributed by atoms with E-state index in [9.17, 15) is 9.90 Å². The van der Waals surface area contributed by atoms with E-state index in [-0.39, 0.29) is 30.2 Å². The van der Waals surface area contributed by atoms with Gasteiger partial charge in [-0.05, 0) is 62.9 Å². The zero-order valence-electron chi connectivity index (χ0n) is 27.7. The second kappa shape index (κ2) is 13.4. The van der Waals surface area contributed by atoms with E-state index in [0.29, 0.717) is 44.1 Å². The van der Waals surface area contributed by atoms with Crippen LogP contribution in [0.3, 0.4) is 0 Å². The van der Waals surface area contributed by atoms with E-state index < -0.39 is 29.7 Å². The predicted molar refractivity (Wildman–Crippen MR) is 172 cm³/mol. The number of esters is 1. The van der Waals surface area contributed by atoms with Gasteiger partial charge in [0.25, 0.3) is 0 Å². The van der Waals surface area contributed by atoms with Crippen LogP contribution in [0.5, 0.6) is 0 Å². The van der Waals surface area contributed by atoms with Crippen molar-refractivity contribution in [3.05, 3.63) is 71.3 Å². The van der Waals surface area contributed by atoms with Crippen LogP contribution < -0.4 is 0 Å². The Hall–Kier alpha value is -2.29. The number of fused-ring (bicyclic) bond motifs is 2. The molecule has 1 aliphatic carbocycles. The Labute approximate surface area is 269 Å². The molecule has 2 spiro atoms. The molecule has 0 amide bonds. The normalized spacial score (nSPS) is 46.0. The second-order valence-corrected chi connectivity index (χ2v) is 14.6. The van der Waals surface area contributed by atoms with Gasteiger partial charge >= 0.3 is 5.97 Å². The summed E-state index contributed by atoms with van der Waals surface area (Å²) in [4.78, 5) is 14.5. The predicted octanol–water partition coefficient (Wildman–Crippen LogP) is 7.36. The van der Waals surface area contributed by atoms with Gasteiger partial charge in [0, 0.05) is 31.2 Å². The minimum absolute atomic E-state index is 0.0684. The van der Waals surface area contributed by atoms with Crippen molar-refractivity contribution in [3.8, 4) is 0 Å². The molecule has 246 valence electrons. The minimum Gasteiger partial charge on any atom is -0.462 e. The highest BCUT2D eigenvalue weighted by atomic mass is 16.7. The summed E-state index contributed by atoms with van der Waals surface area (Å²) in [5, 5.41) is 11.3. The molecular formula is C38H52O7. The monoisotopic (exact) mass is 620 g/mol. The zero-order chi connectivity index (χ0) is 31.8. The molecule has 4 heterocycles. The van der Waals surface area contributed by atoms with Crippen LogP contribution in [-0.2, 0) is 28.5 Å². The summed E-state index contributed by atoms with van der Waals surface area (Å²) in [6.07, 6.45) is 12.3. The summed E-state index contributed by atoms with van der Waals surface area (Å²) < 4.78 is 33.1. The number of carbonyl (C=O) groups excluding carboxylic acids is 1. The third-order valence-electron chi connectivity index (χ3n) is 11.0. The lowest BCUT2D eigenvalue weighted by Crippen LogP contribution is -2.58. The molecule has 4 aliphatic heterocycles. The quantitative estimate of drug-likeness (QED) is 0.260. The molecule has 1 aromatic carbocycles. The average Bonchev–Trinajstić information content (AvgIpc) is 3.00. The fourth-order valence-electron chi connectivity index (χ4n) is 8.09. The van der Waals surface area contributed by atoms with Gasteiger partial charge in [-0.3, -0.25) is 4.79 Å². The first kappa shape index (κ1) is 32.6. The molecule has 5 aliphatic rings. The second-order valence-electron chi connectivity index (χ2n) is 14.6. The molecule has 0 aromatic heterocycles. The molecule has 1 aromatic rings. The summed E-state index contributed by atoms with van der Waals surface area (Å²) in [6, 6.07) is 9.83. The Morgan fingerprint density at radius 1 is 0.933 bits per heavy atom. The van der Waals surface area contributed by atoms with Gasteiger partial charge in [-0.15, -0.1) is 0 Å². The number of rotatable bonds is 1. The highest BCUT2D eigenvalue weighted by molar-refractivity contribution is 5.75. The summed E-state index contributed by atoms with van der Waals surface area (Å²) in [7, 11) is 0. The van der Waals surface area contributed by atoms with E-state index in [4.69, 9.17) is 23.7 Å². The fraction of sp³-hybridized carbons (Fsp3) is 0.658. The van der Waals surface area contributed by atoms with Crippen molar-refractivity contribution in [1.29, 1.82) is 0 Å². The fourth-order valence-corrected chi connectivity index (χ4v) is 8.09. The topological polar surface area (TPSA) is 83.5 Å². The summed E-state index contributed by atoms with van der Waals surface area (Å²) >= 11 is 0. The van der Waals surface area contributed by atoms with Crippen LogP contribution in [0.25, 0.3) is 0 Å². The van der Waals surface area contributed by atoms with Crippen molar-refractivity contribution < 1.29 is 33.6 Å². The molecule has 4 fully saturated rings. The molecule has 3 saturated heterocycles. The Kier molecular flexibility index (Phi) is 9.75. The number of carbonyl (C=O) groups is 1. The Bertz CT molecular complexity index is 1290. The maximum absolute atomic E-state index is 14.5. The third-order valence-corrected chi connectivity index (χ3v) is 11.0. The number of benzene rings is 1. The molecule has 7 heteroatoms. The largest absolute Gasteiger partial charge is 0.462 e. The third kappa shape index (κ3) is 7.03. The number of ether oxygens (including phenoxy) is 5. The van der Waals surface area contributed by atoms with Gasteiger partial charge in [-0.2, -0.15) is 0 Å². The first-order valence-corrected chi connectivity index (χ1v) is 17.2. The molecule has 45 heavy (non-hydrogen) atoms. The average molecular weight is 621 g/mol. The number of hydrogen-bond donors (Lipinski definition) is 1. The molecule has 1 saturated carbocycles. The standard InChI is InChI=1S/C38H52O7/c1-24-10-9-13-30-23-41-36(29-11-7-6-8-12-29)45-38(30)22-34(39)27(4)19-33(38)35(40)42-32-20-31(15-14-25(2)18-24)44-37(21-32)17-16-26(3)28(5)43-37/h6-14,24,26-28,31-34,36,39H,15-23H2,1-5H3/b10-9+,25-14+,30-13+/t24-,26-,27-,28+,31+,32-,33-,34-,36+,37-,38+/m0/s1. The van der Waals surface area contributed by atoms with Gasteiger partial charge in [0.2, 0.25) is 0 Å². The van der Waals surface area contributed by atoms with Gasteiger partial charge in [0.1, 0.15) is 11.7 Å². The van der Waals surface area contributed by atoms with Gasteiger partial charge in [0.05, 0.1) is 30.8 Å². The highest BCUT2D eigenvalue weighted by Crippen LogP contribution is 2.51. The lowest BCUT2D eigenvalue weighted by atomic mass is 9.66. The van der Waals surface area contributed by atoms with Gasteiger partial charge < -0.3 is 28.8 Å². The van der Waals surface area contributed by atoms with Crippen LogP contribution >= 0.6 is 0 Å². The number of aliphatic hydroxyl groups excluding tert-OH is 1. The molecular weight excluding hydrogens is 568 g/mol. The molecule has 0 unspecified atom stereocenters. The minimum atomic E-state index is -1.06. The van der Waals surface area contributed by atoms with Crippen LogP contribution in [-0.4, -0.2) is 53.5 Å². The molecule has 7 nitrogen and oxygen atoms in total. The van der Waals surface area contributed by atoms with Crippen LogP contribution in [0.2, 0.25) is 0 Å². The Morgan fingerprint density at radius 2 is 1.73 bits per heavy atom. The molecule has 11 atom stereocenters. The van der Waals surface area contributed by atoms with Crippen LogP contribution in [0.4, 0.5) is 0 Å². The van der Waals surface area contributed by atoms with Crippen molar-refractivity contribution in [2.24, 2.45) is 23.7 Å². The van der Waals surface area contributed by atoms with Crippen molar-refractivity contribution >= 4 is 5.97 Å².